The molecule has 2 N–H and O–H groups in total. The average Bonchev–Trinajstić information content (AvgIpc) is 2.70. The largest absolute Gasteiger partial charge is 0.325 e. The van der Waals surface area contributed by atoms with Crippen molar-refractivity contribution < 1.29 is 9.59 Å². The van der Waals surface area contributed by atoms with E-state index in [4.69, 9.17) is 0 Å². The number of amides is 2. The van der Waals surface area contributed by atoms with Crippen LogP contribution in [0.3, 0.4) is 0 Å². The lowest BCUT2D eigenvalue weighted by Gasteiger charge is -2.34. The Morgan fingerprint density at radius 1 is 1.15 bits per heavy atom. The highest BCUT2D eigenvalue weighted by Crippen LogP contribution is 2.21. The molecule has 8 heteroatoms. The lowest BCUT2D eigenvalue weighted by atomic mass is 9.95. The summed E-state index contributed by atoms with van der Waals surface area (Å²) in [6.45, 7) is 3.30. The molecule has 0 saturated carbocycles. The summed E-state index contributed by atoms with van der Waals surface area (Å²) in [5.41, 5.74) is 0.772. The zero-order valence-corrected chi connectivity index (χ0v) is 16.6. The molecule has 1 aromatic heterocycles. The van der Waals surface area contributed by atoms with Gasteiger partial charge in [0.2, 0.25) is 11.8 Å². The summed E-state index contributed by atoms with van der Waals surface area (Å²) in [6.07, 6.45) is 6.06. The van der Waals surface area contributed by atoms with Gasteiger partial charge in [-0.05, 0) is 57.1 Å². The Bertz CT molecular complexity index is 776. The van der Waals surface area contributed by atoms with Crippen LogP contribution in [0.5, 0.6) is 0 Å². The van der Waals surface area contributed by atoms with Crippen molar-refractivity contribution in [2.24, 2.45) is 5.92 Å². The molecule has 1 atom stereocenters. The molecule has 0 bridgehead atoms. The molecule has 27 heavy (non-hydrogen) atoms. The summed E-state index contributed by atoms with van der Waals surface area (Å²) >= 11 is 3.38. The highest BCUT2D eigenvalue weighted by molar-refractivity contribution is 9.10. The van der Waals surface area contributed by atoms with E-state index in [0.717, 1.165) is 10.2 Å². The first-order valence-electron chi connectivity index (χ1n) is 8.90. The van der Waals surface area contributed by atoms with Gasteiger partial charge in [-0.25, -0.2) is 4.98 Å². The minimum absolute atomic E-state index is 0.0397. The van der Waals surface area contributed by atoms with E-state index in [-0.39, 0.29) is 23.8 Å². The van der Waals surface area contributed by atoms with Crippen LogP contribution in [0.25, 0.3) is 0 Å². The fourth-order valence-electron chi connectivity index (χ4n) is 3.09. The maximum atomic E-state index is 12.5. The van der Waals surface area contributed by atoms with E-state index in [2.05, 4.69) is 41.4 Å². The number of benzene rings is 1. The standard InChI is InChI=1S/C19H22BrN5O2/c1-13(18(26)23-16-4-2-15(20)3-5-16)25-10-6-14(7-11-25)19(27)24-17-12-21-8-9-22-17/h2-5,8-9,12-14H,6-7,10-11H2,1H3,(H,23,26)(H,22,24,27)/t13-/m1/s1. The van der Waals surface area contributed by atoms with E-state index in [1.807, 2.05) is 31.2 Å². The van der Waals surface area contributed by atoms with Gasteiger partial charge in [0.25, 0.3) is 0 Å². The van der Waals surface area contributed by atoms with E-state index >= 15 is 0 Å². The van der Waals surface area contributed by atoms with Crippen molar-refractivity contribution >= 4 is 39.2 Å². The second-order valence-electron chi connectivity index (χ2n) is 6.56. The predicted octanol–water partition coefficient (Wildman–Crippen LogP) is 2.92. The summed E-state index contributed by atoms with van der Waals surface area (Å²) in [5.74, 6) is 0.305. The van der Waals surface area contributed by atoms with Crippen molar-refractivity contribution in [3.8, 4) is 0 Å². The lowest BCUT2D eigenvalue weighted by Crippen LogP contribution is -2.47. The first-order valence-corrected chi connectivity index (χ1v) is 9.69. The molecule has 0 spiro atoms. The Balaban J connectivity index is 1.48. The van der Waals surface area contributed by atoms with E-state index in [9.17, 15) is 9.59 Å². The molecule has 1 aliphatic heterocycles. The Morgan fingerprint density at radius 3 is 2.48 bits per heavy atom. The maximum absolute atomic E-state index is 12.5. The van der Waals surface area contributed by atoms with Crippen molar-refractivity contribution in [2.45, 2.75) is 25.8 Å². The van der Waals surface area contributed by atoms with Crippen molar-refractivity contribution in [3.63, 3.8) is 0 Å². The number of nitrogens with one attached hydrogen (secondary N) is 2. The molecule has 7 nitrogen and oxygen atoms in total. The average molecular weight is 432 g/mol. The van der Waals surface area contributed by atoms with Crippen molar-refractivity contribution in [3.05, 3.63) is 47.3 Å². The Hall–Kier alpha value is -2.32. The van der Waals surface area contributed by atoms with Gasteiger partial charge in [0.1, 0.15) is 0 Å². The highest BCUT2D eigenvalue weighted by Gasteiger charge is 2.30. The fraction of sp³-hybridized carbons (Fsp3) is 0.368. The molecule has 1 saturated heterocycles. The molecule has 2 heterocycles. The predicted molar refractivity (Wildman–Crippen MR) is 107 cm³/mol. The zero-order chi connectivity index (χ0) is 19.2. The van der Waals surface area contributed by atoms with E-state index < -0.39 is 0 Å². The third-order valence-electron chi connectivity index (χ3n) is 4.75. The van der Waals surface area contributed by atoms with E-state index in [0.29, 0.717) is 31.7 Å². The van der Waals surface area contributed by atoms with Gasteiger partial charge < -0.3 is 10.6 Å². The van der Waals surface area contributed by atoms with Crippen LogP contribution in [0.2, 0.25) is 0 Å². The molecular formula is C19H22BrN5O2. The van der Waals surface area contributed by atoms with Crippen LogP contribution < -0.4 is 10.6 Å². The van der Waals surface area contributed by atoms with Gasteiger partial charge in [-0.3, -0.25) is 19.5 Å². The van der Waals surface area contributed by atoms with Crippen LogP contribution in [0.4, 0.5) is 11.5 Å². The molecule has 1 aliphatic rings. The second kappa shape index (κ2) is 9.05. The topological polar surface area (TPSA) is 87.2 Å². The van der Waals surface area contributed by atoms with Crippen LogP contribution in [-0.4, -0.2) is 45.8 Å². The first-order chi connectivity index (χ1) is 13.0. The second-order valence-corrected chi connectivity index (χ2v) is 7.48. The van der Waals surface area contributed by atoms with Crippen molar-refractivity contribution in [2.75, 3.05) is 23.7 Å². The Labute approximate surface area is 166 Å². The van der Waals surface area contributed by atoms with E-state index in [1.54, 1.807) is 12.4 Å². The minimum Gasteiger partial charge on any atom is -0.325 e. The van der Waals surface area contributed by atoms with Gasteiger partial charge >= 0.3 is 0 Å². The minimum atomic E-state index is -0.252. The van der Waals surface area contributed by atoms with Crippen LogP contribution in [0.15, 0.2) is 47.3 Å². The quantitative estimate of drug-likeness (QED) is 0.759. The molecule has 0 radical (unpaired) electrons. The molecule has 0 unspecified atom stereocenters. The number of likely N-dealkylation sites (tertiary alicyclic amines) is 1. The SMILES string of the molecule is C[C@H](C(=O)Nc1ccc(Br)cc1)N1CCC(C(=O)Nc2cnccn2)CC1. The number of hydrogen-bond acceptors (Lipinski definition) is 5. The molecule has 3 rings (SSSR count). The first kappa shape index (κ1) is 19.4. The number of carbonyl (C=O) groups excluding carboxylic acids is 2. The number of aromatic nitrogens is 2. The number of anilines is 2. The Kier molecular flexibility index (Phi) is 6.52. The summed E-state index contributed by atoms with van der Waals surface area (Å²) < 4.78 is 0.968. The van der Waals surface area contributed by atoms with E-state index in [1.165, 1.54) is 6.20 Å². The monoisotopic (exact) mass is 431 g/mol. The number of piperidine rings is 1. The molecule has 142 valence electrons. The number of rotatable bonds is 5. The number of carbonyl (C=O) groups is 2. The number of halogens is 1. The van der Waals surface area contributed by atoms with Gasteiger partial charge in [-0.15, -0.1) is 0 Å². The molecule has 2 amide bonds. The van der Waals surface area contributed by atoms with Gasteiger partial charge in [-0.2, -0.15) is 0 Å². The summed E-state index contributed by atoms with van der Waals surface area (Å²) in [7, 11) is 0. The van der Waals surface area contributed by atoms with Crippen LogP contribution in [0.1, 0.15) is 19.8 Å². The van der Waals surface area contributed by atoms with Crippen LogP contribution in [-0.2, 0) is 9.59 Å². The van der Waals surface area contributed by atoms with Gasteiger partial charge in [0.15, 0.2) is 5.82 Å². The Morgan fingerprint density at radius 2 is 1.85 bits per heavy atom. The summed E-state index contributed by atoms with van der Waals surface area (Å²) in [6, 6.07) is 7.25. The summed E-state index contributed by atoms with van der Waals surface area (Å²) in [4.78, 5) is 35.0. The fourth-order valence-corrected chi connectivity index (χ4v) is 3.35. The van der Waals surface area contributed by atoms with Crippen molar-refractivity contribution in [1.82, 2.24) is 14.9 Å². The third kappa shape index (κ3) is 5.33. The van der Waals surface area contributed by atoms with Crippen LogP contribution in [0, 0.1) is 5.92 Å². The molecule has 0 aliphatic carbocycles. The molecular weight excluding hydrogens is 410 g/mol. The third-order valence-corrected chi connectivity index (χ3v) is 5.28. The smallest absolute Gasteiger partial charge is 0.241 e. The normalized spacial score (nSPS) is 16.5. The number of hydrogen-bond donors (Lipinski definition) is 2. The molecule has 1 aromatic carbocycles. The van der Waals surface area contributed by atoms with Gasteiger partial charge in [0.05, 0.1) is 12.2 Å². The lowest BCUT2D eigenvalue weighted by molar-refractivity contribution is -0.123. The zero-order valence-electron chi connectivity index (χ0n) is 15.1. The highest BCUT2D eigenvalue weighted by atomic mass is 79.9. The summed E-state index contributed by atoms with van der Waals surface area (Å²) in [5, 5.41) is 5.74. The van der Waals surface area contributed by atoms with Gasteiger partial charge in [0, 0.05) is 28.5 Å². The number of nitrogens with zero attached hydrogens (tertiary/aromatic N) is 3. The molecule has 1 fully saturated rings. The van der Waals surface area contributed by atoms with Crippen molar-refractivity contribution in [1.29, 1.82) is 0 Å². The maximum Gasteiger partial charge on any atom is 0.241 e. The van der Waals surface area contributed by atoms with Gasteiger partial charge in [-0.1, -0.05) is 15.9 Å². The molecule has 2 aromatic rings. The van der Waals surface area contributed by atoms with Crippen LogP contribution >= 0.6 is 15.9 Å².